The van der Waals surface area contributed by atoms with Gasteiger partial charge in [0, 0.05) is 38.2 Å². The van der Waals surface area contributed by atoms with Gasteiger partial charge < -0.3 is 20.3 Å². The van der Waals surface area contributed by atoms with Crippen LogP contribution in [0, 0.1) is 5.92 Å². The number of rotatable bonds is 3. The minimum atomic E-state index is -0.510. The number of likely N-dealkylation sites (tertiary alicyclic amines) is 1. The van der Waals surface area contributed by atoms with E-state index in [4.69, 9.17) is 4.74 Å². The van der Waals surface area contributed by atoms with Crippen LogP contribution in [0.15, 0.2) is 24.3 Å². The fourth-order valence-corrected chi connectivity index (χ4v) is 3.10. The summed E-state index contributed by atoms with van der Waals surface area (Å²) >= 11 is 0. The van der Waals surface area contributed by atoms with Gasteiger partial charge in [-0.05, 0) is 18.1 Å². The largest absolute Gasteiger partial charge is 0.384 e. The van der Waals surface area contributed by atoms with Gasteiger partial charge in [0.1, 0.15) is 6.04 Å². The first kappa shape index (κ1) is 14.8. The predicted molar refractivity (Wildman–Crippen MR) is 82.7 cm³/mol. The number of carbonyl (C=O) groups is 2. The monoisotopic (exact) mass is 303 g/mol. The van der Waals surface area contributed by atoms with Gasteiger partial charge in [-0.25, -0.2) is 4.79 Å². The first-order valence-corrected chi connectivity index (χ1v) is 7.60. The van der Waals surface area contributed by atoms with Gasteiger partial charge in [-0.15, -0.1) is 0 Å². The van der Waals surface area contributed by atoms with Crippen molar-refractivity contribution >= 4 is 17.6 Å². The van der Waals surface area contributed by atoms with Crippen LogP contribution in [0.5, 0.6) is 0 Å². The van der Waals surface area contributed by atoms with Gasteiger partial charge in [0.25, 0.3) is 0 Å². The molecule has 1 aromatic rings. The highest BCUT2D eigenvalue weighted by atomic mass is 16.5. The lowest BCUT2D eigenvalue weighted by Crippen LogP contribution is -2.51. The Morgan fingerprint density at radius 3 is 3.09 bits per heavy atom. The average molecular weight is 303 g/mol. The van der Waals surface area contributed by atoms with Crippen molar-refractivity contribution in [2.24, 2.45) is 5.92 Å². The molecular formula is C16H21N3O3. The highest BCUT2D eigenvalue weighted by Gasteiger charge is 2.31. The van der Waals surface area contributed by atoms with E-state index in [1.807, 2.05) is 24.3 Å². The van der Waals surface area contributed by atoms with Gasteiger partial charge in [-0.3, -0.25) is 4.79 Å². The lowest BCUT2D eigenvalue weighted by Gasteiger charge is -2.27. The highest BCUT2D eigenvalue weighted by molar-refractivity contribution is 5.99. The zero-order chi connectivity index (χ0) is 15.5. The Labute approximate surface area is 129 Å². The zero-order valence-corrected chi connectivity index (χ0v) is 12.7. The molecular weight excluding hydrogens is 282 g/mol. The Bertz CT molecular complexity index is 576. The number of hydrogen-bond donors (Lipinski definition) is 2. The molecule has 2 unspecified atom stereocenters. The molecule has 0 saturated carbocycles. The maximum absolute atomic E-state index is 12.3. The van der Waals surface area contributed by atoms with E-state index in [1.165, 1.54) is 0 Å². The molecule has 6 heteroatoms. The Morgan fingerprint density at radius 1 is 1.45 bits per heavy atom. The van der Waals surface area contributed by atoms with Crippen molar-refractivity contribution < 1.29 is 14.3 Å². The van der Waals surface area contributed by atoms with Crippen molar-refractivity contribution in [3.05, 3.63) is 29.8 Å². The lowest BCUT2D eigenvalue weighted by atomic mass is 9.99. The second kappa shape index (κ2) is 6.36. The number of urea groups is 1. The fourth-order valence-electron chi connectivity index (χ4n) is 3.10. The molecule has 0 radical (unpaired) electrons. The number of para-hydroxylation sites is 1. The summed E-state index contributed by atoms with van der Waals surface area (Å²) in [6.07, 6.45) is 1.48. The van der Waals surface area contributed by atoms with Crippen LogP contribution in [0.4, 0.5) is 10.5 Å². The topological polar surface area (TPSA) is 70.7 Å². The van der Waals surface area contributed by atoms with Gasteiger partial charge >= 0.3 is 6.03 Å². The maximum Gasteiger partial charge on any atom is 0.318 e. The second-order valence-corrected chi connectivity index (χ2v) is 5.91. The average Bonchev–Trinajstić information content (AvgIpc) is 2.97. The zero-order valence-electron chi connectivity index (χ0n) is 12.7. The second-order valence-electron chi connectivity index (χ2n) is 5.91. The number of anilines is 1. The van der Waals surface area contributed by atoms with Crippen LogP contribution < -0.4 is 10.6 Å². The molecule has 6 nitrogen and oxygen atoms in total. The third-order valence-corrected chi connectivity index (χ3v) is 4.29. The highest BCUT2D eigenvalue weighted by Crippen LogP contribution is 2.22. The van der Waals surface area contributed by atoms with Gasteiger partial charge in [-0.1, -0.05) is 18.2 Å². The summed E-state index contributed by atoms with van der Waals surface area (Å²) in [5, 5.41) is 5.69. The number of carbonyl (C=O) groups excluding carboxylic acids is 2. The molecule has 1 saturated heterocycles. The first-order valence-electron chi connectivity index (χ1n) is 7.60. The van der Waals surface area contributed by atoms with E-state index in [9.17, 15) is 9.59 Å². The van der Waals surface area contributed by atoms with Crippen molar-refractivity contribution in [3.8, 4) is 0 Å². The molecule has 118 valence electrons. The van der Waals surface area contributed by atoms with E-state index >= 15 is 0 Å². The third kappa shape index (κ3) is 3.06. The summed E-state index contributed by atoms with van der Waals surface area (Å²) in [7, 11) is 1.67. The summed E-state index contributed by atoms with van der Waals surface area (Å²) in [5.41, 5.74) is 1.88. The molecule has 2 aliphatic heterocycles. The Balaban J connectivity index is 1.59. The number of ether oxygens (including phenoxy) is 1. The van der Waals surface area contributed by atoms with Crippen LogP contribution in [0.3, 0.4) is 0 Å². The molecule has 1 aromatic carbocycles. The SMILES string of the molecule is COCC1CCN(C(=O)NC2Cc3ccccc3NC2=O)C1. The minimum Gasteiger partial charge on any atom is -0.384 e. The smallest absolute Gasteiger partial charge is 0.318 e. The lowest BCUT2D eigenvalue weighted by molar-refractivity contribution is -0.118. The summed E-state index contributed by atoms with van der Waals surface area (Å²) in [6.45, 7) is 2.07. The number of hydrogen-bond acceptors (Lipinski definition) is 3. The summed E-state index contributed by atoms with van der Waals surface area (Å²) in [5.74, 6) is 0.233. The summed E-state index contributed by atoms with van der Waals surface area (Å²) in [6, 6.07) is 6.99. The number of methoxy groups -OCH3 is 1. The Morgan fingerprint density at radius 2 is 2.27 bits per heavy atom. The predicted octanol–water partition coefficient (Wildman–Crippen LogP) is 1.23. The normalized spacial score (nSPS) is 23.9. The van der Waals surface area contributed by atoms with Crippen LogP contribution in [0.25, 0.3) is 0 Å². The molecule has 0 spiro atoms. The molecule has 2 heterocycles. The minimum absolute atomic E-state index is 0.153. The molecule has 22 heavy (non-hydrogen) atoms. The van der Waals surface area contributed by atoms with Crippen molar-refractivity contribution in [1.29, 1.82) is 0 Å². The molecule has 2 aliphatic rings. The van der Waals surface area contributed by atoms with Crippen LogP contribution in [0.1, 0.15) is 12.0 Å². The van der Waals surface area contributed by atoms with Crippen LogP contribution in [-0.4, -0.2) is 49.7 Å². The van der Waals surface area contributed by atoms with Crippen molar-refractivity contribution in [2.75, 3.05) is 32.1 Å². The molecule has 0 aromatic heterocycles. The van der Waals surface area contributed by atoms with Crippen LogP contribution in [0.2, 0.25) is 0 Å². The standard InChI is InChI=1S/C16H21N3O3/c1-22-10-11-6-7-19(9-11)16(21)18-14-8-12-4-2-3-5-13(12)17-15(14)20/h2-5,11,14H,6-10H2,1H3,(H,17,20)(H,18,21). The van der Waals surface area contributed by atoms with E-state index in [-0.39, 0.29) is 11.9 Å². The summed E-state index contributed by atoms with van der Waals surface area (Å²) in [4.78, 5) is 26.2. The van der Waals surface area contributed by atoms with E-state index in [0.29, 0.717) is 32.0 Å². The first-order chi connectivity index (χ1) is 10.7. The number of nitrogens with one attached hydrogen (secondary N) is 2. The molecule has 3 amide bonds. The molecule has 0 aliphatic carbocycles. The Kier molecular flexibility index (Phi) is 4.29. The number of fused-ring (bicyclic) bond motifs is 1. The quantitative estimate of drug-likeness (QED) is 0.882. The van der Waals surface area contributed by atoms with Crippen molar-refractivity contribution in [3.63, 3.8) is 0 Å². The van der Waals surface area contributed by atoms with E-state index in [0.717, 1.165) is 17.7 Å². The fraction of sp³-hybridized carbons (Fsp3) is 0.500. The van der Waals surface area contributed by atoms with Gasteiger partial charge in [0.2, 0.25) is 5.91 Å². The molecule has 2 N–H and O–H groups in total. The van der Waals surface area contributed by atoms with Crippen LogP contribution in [-0.2, 0) is 16.0 Å². The van der Waals surface area contributed by atoms with E-state index in [1.54, 1.807) is 12.0 Å². The summed E-state index contributed by atoms with van der Waals surface area (Å²) < 4.78 is 5.14. The van der Waals surface area contributed by atoms with Gasteiger partial charge in [0.15, 0.2) is 0 Å². The Hall–Kier alpha value is -2.08. The molecule has 1 fully saturated rings. The van der Waals surface area contributed by atoms with E-state index in [2.05, 4.69) is 10.6 Å². The maximum atomic E-state index is 12.3. The number of benzene rings is 1. The number of nitrogens with zero attached hydrogens (tertiary/aromatic N) is 1. The number of amides is 3. The van der Waals surface area contributed by atoms with Gasteiger partial charge in [0.05, 0.1) is 6.61 Å². The van der Waals surface area contributed by atoms with Gasteiger partial charge in [-0.2, -0.15) is 0 Å². The van der Waals surface area contributed by atoms with E-state index < -0.39 is 6.04 Å². The molecule has 2 atom stereocenters. The van der Waals surface area contributed by atoms with Crippen LogP contribution >= 0.6 is 0 Å². The van der Waals surface area contributed by atoms with Crippen molar-refractivity contribution in [1.82, 2.24) is 10.2 Å². The third-order valence-electron chi connectivity index (χ3n) is 4.29. The van der Waals surface area contributed by atoms with Crippen molar-refractivity contribution in [2.45, 2.75) is 18.9 Å². The molecule has 3 rings (SSSR count). The molecule has 0 bridgehead atoms.